The Morgan fingerprint density at radius 1 is 0.850 bits per heavy atom. The van der Waals surface area contributed by atoms with Crippen LogP contribution in [-0.4, -0.2) is 33.4 Å². The molecule has 3 aromatic rings. The van der Waals surface area contributed by atoms with Crippen molar-refractivity contribution >= 4 is 16.8 Å². The molecule has 3 aromatic carbocycles. The van der Waals surface area contributed by atoms with Crippen LogP contribution in [0.1, 0.15) is 66.7 Å². The number of hydrogen-bond acceptors (Lipinski definition) is 4. The van der Waals surface area contributed by atoms with Crippen LogP contribution in [0.25, 0.3) is 11.1 Å². The molecule has 1 saturated heterocycles. The molecule has 1 saturated carbocycles. The zero-order chi connectivity index (χ0) is 27.5. The average Bonchev–Trinajstić information content (AvgIpc) is 3.82. The van der Waals surface area contributed by atoms with Gasteiger partial charge in [-0.1, -0.05) is 30.3 Å². The van der Waals surface area contributed by atoms with Gasteiger partial charge < -0.3 is 14.6 Å². The molecule has 40 heavy (non-hydrogen) atoms. The molecule has 3 aliphatic rings. The number of fused-ring (bicyclic) bond motifs is 3. The molecule has 6 rings (SSSR count). The van der Waals surface area contributed by atoms with E-state index in [1.54, 1.807) is 0 Å². The molecule has 0 spiro atoms. The number of aryl methyl sites for hydroxylation is 2. The summed E-state index contributed by atoms with van der Waals surface area (Å²) < 4.78 is 24.0. The summed E-state index contributed by atoms with van der Waals surface area (Å²) in [6, 6.07) is 21.2. The monoisotopic (exact) mass is 558 g/mol. The van der Waals surface area contributed by atoms with Gasteiger partial charge in [0.05, 0.1) is 13.0 Å². The molecule has 0 radical (unpaired) electrons. The highest BCUT2D eigenvalue weighted by molar-refractivity contribution is 7.85. The second kappa shape index (κ2) is 12.2. The fourth-order valence-electron chi connectivity index (χ4n) is 6.23. The summed E-state index contributed by atoms with van der Waals surface area (Å²) in [6.07, 6.45) is 7.62. The lowest BCUT2D eigenvalue weighted by atomic mass is 9.91. The minimum atomic E-state index is -0.732. The predicted octanol–water partition coefficient (Wildman–Crippen LogP) is 6.93. The summed E-state index contributed by atoms with van der Waals surface area (Å²) in [7, 11) is -0.635. The molecule has 5 nitrogen and oxygen atoms in total. The number of carboxylic acids is 1. The molecule has 1 aliphatic heterocycles. The van der Waals surface area contributed by atoms with Crippen LogP contribution in [0.2, 0.25) is 0 Å². The van der Waals surface area contributed by atoms with Crippen molar-refractivity contribution < 1.29 is 23.6 Å². The van der Waals surface area contributed by atoms with Gasteiger partial charge in [0, 0.05) is 22.3 Å². The minimum Gasteiger partial charge on any atom is -0.493 e. The standard InChI is InChI=1S/C34H38O5S/c35-34(36)20-32(26-6-7-26)27-8-10-29(11-9-27)38-22-24-4-5-25-2-1-3-28-19-30(12-13-31(28)33(25)18-24)39-21-23-14-16-40(37)17-15-23/h4-5,8-13,18-19,23,26,32H,1-3,6-7,14-17,20-22H2,(H,35,36). The molecular weight excluding hydrogens is 520 g/mol. The number of aliphatic carboxylic acids is 1. The summed E-state index contributed by atoms with van der Waals surface area (Å²) in [5.41, 5.74) is 7.50. The fourth-order valence-corrected chi connectivity index (χ4v) is 7.62. The molecule has 0 bridgehead atoms. The molecule has 210 valence electrons. The van der Waals surface area contributed by atoms with Crippen molar-refractivity contribution in [2.45, 2.75) is 63.9 Å². The molecule has 6 heteroatoms. The topological polar surface area (TPSA) is 72.8 Å². The summed E-state index contributed by atoms with van der Waals surface area (Å²) in [6.45, 7) is 1.19. The summed E-state index contributed by atoms with van der Waals surface area (Å²) in [5.74, 6) is 3.71. The van der Waals surface area contributed by atoms with Crippen LogP contribution in [0, 0.1) is 11.8 Å². The van der Waals surface area contributed by atoms with Gasteiger partial charge in [0.1, 0.15) is 18.1 Å². The zero-order valence-electron chi connectivity index (χ0n) is 23.0. The first-order chi connectivity index (χ1) is 19.5. The normalized spacial score (nSPS) is 21.0. The second-order valence-corrected chi connectivity index (χ2v) is 13.4. The maximum Gasteiger partial charge on any atom is 0.303 e. The Bertz CT molecular complexity index is 1370. The molecule has 1 atom stereocenters. The van der Waals surface area contributed by atoms with E-state index in [2.05, 4.69) is 36.4 Å². The van der Waals surface area contributed by atoms with Gasteiger partial charge in [0.2, 0.25) is 0 Å². The van der Waals surface area contributed by atoms with E-state index >= 15 is 0 Å². The lowest BCUT2D eigenvalue weighted by Gasteiger charge is -2.22. The van der Waals surface area contributed by atoms with Crippen molar-refractivity contribution in [3.8, 4) is 22.6 Å². The Kier molecular flexibility index (Phi) is 8.24. The van der Waals surface area contributed by atoms with E-state index < -0.39 is 16.8 Å². The number of carbonyl (C=O) groups is 1. The van der Waals surface area contributed by atoms with Crippen molar-refractivity contribution in [2.24, 2.45) is 11.8 Å². The maximum absolute atomic E-state index is 11.6. The molecule has 0 amide bonds. The number of rotatable bonds is 10. The van der Waals surface area contributed by atoms with Crippen LogP contribution in [-0.2, 0) is 35.0 Å². The van der Waals surface area contributed by atoms with Gasteiger partial charge in [0.25, 0.3) is 0 Å². The third-order valence-corrected chi connectivity index (χ3v) is 10.1. The van der Waals surface area contributed by atoms with E-state index in [-0.39, 0.29) is 12.3 Å². The predicted molar refractivity (Wildman–Crippen MR) is 158 cm³/mol. The van der Waals surface area contributed by atoms with Crippen LogP contribution in [0.15, 0.2) is 60.7 Å². The lowest BCUT2D eigenvalue weighted by Crippen LogP contribution is -2.23. The largest absolute Gasteiger partial charge is 0.493 e. The lowest BCUT2D eigenvalue weighted by molar-refractivity contribution is -0.137. The Morgan fingerprint density at radius 3 is 2.35 bits per heavy atom. The highest BCUT2D eigenvalue weighted by Gasteiger charge is 2.33. The highest BCUT2D eigenvalue weighted by atomic mass is 32.2. The molecule has 1 unspecified atom stereocenters. The third-order valence-electron chi connectivity index (χ3n) is 8.73. The van der Waals surface area contributed by atoms with Crippen molar-refractivity contribution in [3.63, 3.8) is 0 Å². The van der Waals surface area contributed by atoms with Gasteiger partial charge in [-0.25, -0.2) is 0 Å². The summed E-state index contributed by atoms with van der Waals surface area (Å²) in [4.78, 5) is 11.3. The average molecular weight is 559 g/mol. The Hall–Kier alpha value is -3.12. The molecule has 1 heterocycles. The van der Waals surface area contributed by atoms with Gasteiger partial charge in [-0.15, -0.1) is 0 Å². The first-order valence-corrected chi connectivity index (χ1v) is 16.2. The fraction of sp³-hybridized carbons (Fsp3) is 0.441. The van der Waals surface area contributed by atoms with E-state index in [1.807, 2.05) is 24.3 Å². The summed E-state index contributed by atoms with van der Waals surface area (Å²) >= 11 is 0. The van der Waals surface area contributed by atoms with Gasteiger partial charge >= 0.3 is 5.97 Å². The molecular formula is C34H38O5S. The number of carboxylic acid groups (broad SMARTS) is 1. The van der Waals surface area contributed by atoms with Crippen LogP contribution in [0.5, 0.6) is 11.5 Å². The zero-order valence-corrected chi connectivity index (χ0v) is 23.8. The van der Waals surface area contributed by atoms with Crippen molar-refractivity contribution in [2.75, 3.05) is 18.1 Å². The van der Waals surface area contributed by atoms with Crippen LogP contribution in [0.4, 0.5) is 0 Å². The van der Waals surface area contributed by atoms with Crippen LogP contribution in [0.3, 0.4) is 0 Å². The second-order valence-electron chi connectivity index (χ2n) is 11.7. The van der Waals surface area contributed by atoms with E-state index in [1.165, 1.54) is 22.3 Å². The number of benzene rings is 3. The first-order valence-electron chi connectivity index (χ1n) is 14.7. The van der Waals surface area contributed by atoms with Crippen molar-refractivity contribution in [1.82, 2.24) is 0 Å². The van der Waals surface area contributed by atoms with E-state index in [0.717, 1.165) is 79.1 Å². The first kappa shape index (κ1) is 27.1. The molecule has 2 aliphatic carbocycles. The van der Waals surface area contributed by atoms with Gasteiger partial charge in [-0.3, -0.25) is 9.00 Å². The van der Waals surface area contributed by atoms with Gasteiger partial charge in [-0.05, 0) is 126 Å². The van der Waals surface area contributed by atoms with Gasteiger partial charge in [-0.2, -0.15) is 0 Å². The van der Waals surface area contributed by atoms with Gasteiger partial charge in [0.15, 0.2) is 0 Å². The Morgan fingerprint density at radius 2 is 1.60 bits per heavy atom. The van der Waals surface area contributed by atoms with Crippen LogP contribution >= 0.6 is 0 Å². The third kappa shape index (κ3) is 6.60. The number of ether oxygens (including phenoxy) is 2. The Labute approximate surface area is 239 Å². The molecule has 0 aromatic heterocycles. The highest BCUT2D eigenvalue weighted by Crippen LogP contribution is 2.44. The van der Waals surface area contributed by atoms with E-state index in [4.69, 9.17) is 9.47 Å². The SMILES string of the molecule is O=C(O)CC(c1ccc(OCc2ccc3c(c2)-c2ccc(OCC4CCS(=O)CC4)cc2CCC3)cc1)C1CC1. The smallest absolute Gasteiger partial charge is 0.303 e. The molecule has 1 N–H and O–H groups in total. The Balaban J connectivity index is 1.12. The summed E-state index contributed by atoms with van der Waals surface area (Å²) in [5, 5.41) is 9.30. The van der Waals surface area contributed by atoms with E-state index in [9.17, 15) is 14.1 Å². The maximum atomic E-state index is 11.6. The quantitative estimate of drug-likeness (QED) is 0.292. The van der Waals surface area contributed by atoms with Crippen molar-refractivity contribution in [1.29, 1.82) is 0 Å². The molecule has 2 fully saturated rings. The number of hydrogen-bond donors (Lipinski definition) is 1. The van der Waals surface area contributed by atoms with Crippen molar-refractivity contribution in [3.05, 3.63) is 82.9 Å². The van der Waals surface area contributed by atoms with E-state index in [0.29, 0.717) is 25.0 Å². The van der Waals surface area contributed by atoms with Crippen LogP contribution < -0.4 is 9.47 Å². The minimum absolute atomic E-state index is 0.0984.